The molecule has 1 N–H and O–H groups in total. The summed E-state index contributed by atoms with van der Waals surface area (Å²) in [4.78, 5) is 14.5. The molecule has 0 saturated heterocycles. The first-order valence-corrected chi connectivity index (χ1v) is 10.9. The molecule has 0 bridgehead atoms. The highest BCUT2D eigenvalue weighted by Gasteiger charge is 2.19. The molecule has 168 valence electrons. The zero-order chi connectivity index (χ0) is 22.2. The molecule has 2 aromatic carbocycles. The molecule has 1 aliphatic heterocycles. The number of amides is 1. The van der Waals surface area contributed by atoms with Gasteiger partial charge in [0.1, 0.15) is 23.1 Å². The number of carbonyl (C=O) groups excluding carboxylic acids is 1. The lowest BCUT2D eigenvalue weighted by Gasteiger charge is -2.19. The molecule has 1 amide bonds. The van der Waals surface area contributed by atoms with Gasteiger partial charge >= 0.3 is 0 Å². The van der Waals surface area contributed by atoms with E-state index in [9.17, 15) is 4.79 Å². The molecule has 0 atom stereocenters. The normalized spacial score (nSPS) is 13.8. The summed E-state index contributed by atoms with van der Waals surface area (Å²) in [6.45, 7) is 4.12. The van der Waals surface area contributed by atoms with Gasteiger partial charge in [-0.05, 0) is 29.8 Å². The van der Waals surface area contributed by atoms with Gasteiger partial charge in [0.25, 0.3) is 5.91 Å². The third kappa shape index (κ3) is 5.85. The highest BCUT2D eigenvalue weighted by atomic mass is 16.5. The van der Waals surface area contributed by atoms with Crippen molar-refractivity contribution in [1.82, 2.24) is 25.0 Å². The van der Waals surface area contributed by atoms with Crippen molar-refractivity contribution in [3.8, 4) is 11.5 Å². The number of fused-ring (bicyclic) bond motifs is 1. The quantitative estimate of drug-likeness (QED) is 0.554. The van der Waals surface area contributed by atoms with Crippen LogP contribution < -0.4 is 14.8 Å². The summed E-state index contributed by atoms with van der Waals surface area (Å²) < 4.78 is 12.9. The molecule has 8 nitrogen and oxygen atoms in total. The maximum atomic E-state index is 12.1. The first-order chi connectivity index (χ1) is 15.7. The first-order valence-electron chi connectivity index (χ1n) is 10.9. The van der Waals surface area contributed by atoms with Crippen LogP contribution in [-0.2, 0) is 30.7 Å². The largest absolute Gasteiger partial charge is 0.497 e. The molecule has 8 heteroatoms. The molecule has 0 spiro atoms. The number of rotatable bonds is 9. The molecule has 0 unspecified atom stereocenters. The number of aromatic nitrogens is 3. The Hall–Kier alpha value is -3.39. The summed E-state index contributed by atoms with van der Waals surface area (Å²) in [6.07, 6.45) is 1.50. The number of ether oxygens (including phenoxy) is 2. The van der Waals surface area contributed by atoms with Crippen molar-refractivity contribution in [2.45, 2.75) is 25.9 Å². The Morgan fingerprint density at radius 3 is 2.59 bits per heavy atom. The molecule has 3 aromatic rings. The molecule has 0 aliphatic carbocycles. The van der Waals surface area contributed by atoms with Crippen LogP contribution in [0.15, 0.2) is 54.6 Å². The van der Waals surface area contributed by atoms with Crippen LogP contribution in [-0.4, -0.2) is 58.9 Å². The zero-order valence-corrected chi connectivity index (χ0v) is 18.4. The monoisotopic (exact) mass is 435 g/mol. The lowest BCUT2D eigenvalue weighted by molar-refractivity contribution is -0.123. The molecule has 1 aromatic heterocycles. The van der Waals surface area contributed by atoms with Gasteiger partial charge in [-0.15, -0.1) is 10.2 Å². The van der Waals surface area contributed by atoms with Crippen molar-refractivity contribution < 1.29 is 14.3 Å². The van der Waals surface area contributed by atoms with Crippen molar-refractivity contribution in [3.63, 3.8) is 0 Å². The number of carbonyl (C=O) groups is 1. The van der Waals surface area contributed by atoms with Gasteiger partial charge in [-0.1, -0.05) is 30.3 Å². The molecule has 4 rings (SSSR count). The Morgan fingerprint density at radius 2 is 1.81 bits per heavy atom. The van der Waals surface area contributed by atoms with Crippen LogP contribution in [0.3, 0.4) is 0 Å². The van der Waals surface area contributed by atoms with Gasteiger partial charge < -0.3 is 19.4 Å². The van der Waals surface area contributed by atoms with E-state index < -0.39 is 0 Å². The predicted molar refractivity (Wildman–Crippen MR) is 121 cm³/mol. The number of nitrogens with one attached hydrogen (secondary N) is 1. The number of hydrogen-bond acceptors (Lipinski definition) is 6. The lowest BCUT2D eigenvalue weighted by Crippen LogP contribution is -2.31. The van der Waals surface area contributed by atoms with Gasteiger partial charge in [-0.2, -0.15) is 0 Å². The van der Waals surface area contributed by atoms with Crippen molar-refractivity contribution in [2.24, 2.45) is 0 Å². The third-order valence-electron chi connectivity index (χ3n) is 5.54. The van der Waals surface area contributed by atoms with E-state index in [4.69, 9.17) is 9.47 Å². The van der Waals surface area contributed by atoms with Crippen LogP contribution in [0.5, 0.6) is 11.5 Å². The van der Waals surface area contributed by atoms with E-state index >= 15 is 0 Å². The maximum absolute atomic E-state index is 12.1. The molecule has 0 fully saturated rings. The van der Waals surface area contributed by atoms with Crippen molar-refractivity contribution in [2.75, 3.05) is 33.4 Å². The van der Waals surface area contributed by atoms with Crippen LogP contribution >= 0.6 is 0 Å². The topological polar surface area (TPSA) is 81.5 Å². The first kappa shape index (κ1) is 21.8. The molecule has 2 heterocycles. The number of benzene rings is 2. The molecular weight excluding hydrogens is 406 g/mol. The Morgan fingerprint density at radius 1 is 1.00 bits per heavy atom. The molecule has 0 saturated carbocycles. The second-order valence-electron chi connectivity index (χ2n) is 7.76. The Balaban J connectivity index is 1.23. The SMILES string of the molecule is COc1ccc(CN2CCc3nnc(CCNC(=O)COc4ccccc4)n3CC2)cc1. The second-order valence-corrected chi connectivity index (χ2v) is 7.76. The van der Waals surface area contributed by atoms with Crippen molar-refractivity contribution >= 4 is 5.91 Å². The summed E-state index contributed by atoms with van der Waals surface area (Å²) in [5.74, 6) is 3.34. The van der Waals surface area contributed by atoms with E-state index in [1.54, 1.807) is 7.11 Å². The summed E-state index contributed by atoms with van der Waals surface area (Å²) in [5.41, 5.74) is 1.27. The van der Waals surface area contributed by atoms with Gasteiger partial charge in [0.05, 0.1) is 7.11 Å². The van der Waals surface area contributed by atoms with Crippen LogP contribution in [0.2, 0.25) is 0 Å². The minimum atomic E-state index is -0.143. The second kappa shape index (κ2) is 10.8. The van der Waals surface area contributed by atoms with E-state index in [-0.39, 0.29) is 12.5 Å². The van der Waals surface area contributed by atoms with Gasteiger partial charge in [-0.3, -0.25) is 9.69 Å². The average molecular weight is 436 g/mol. The van der Waals surface area contributed by atoms with Crippen molar-refractivity contribution in [1.29, 1.82) is 0 Å². The third-order valence-corrected chi connectivity index (χ3v) is 5.54. The van der Waals surface area contributed by atoms with Crippen LogP contribution in [0.25, 0.3) is 0 Å². The highest BCUT2D eigenvalue weighted by molar-refractivity contribution is 5.77. The number of nitrogens with zero attached hydrogens (tertiary/aromatic N) is 4. The van der Waals surface area contributed by atoms with Crippen LogP contribution in [0.4, 0.5) is 0 Å². The van der Waals surface area contributed by atoms with Crippen LogP contribution in [0, 0.1) is 0 Å². The maximum Gasteiger partial charge on any atom is 0.257 e. The van der Waals surface area contributed by atoms with E-state index in [1.807, 2.05) is 42.5 Å². The number of para-hydroxylation sites is 1. The summed E-state index contributed by atoms with van der Waals surface area (Å²) in [6, 6.07) is 17.5. The van der Waals surface area contributed by atoms with E-state index in [0.29, 0.717) is 18.7 Å². The minimum Gasteiger partial charge on any atom is -0.497 e. The average Bonchev–Trinajstić information content (AvgIpc) is 3.10. The fourth-order valence-electron chi connectivity index (χ4n) is 3.79. The lowest BCUT2D eigenvalue weighted by atomic mass is 10.2. The molecule has 32 heavy (non-hydrogen) atoms. The number of methoxy groups -OCH3 is 1. The standard InChI is InChI=1S/C24H29N5O3/c1-31-20-9-7-19(8-10-20)17-28-14-12-23-27-26-22(29(23)16-15-28)11-13-25-24(30)18-32-21-5-3-2-4-6-21/h2-10H,11-18H2,1H3,(H,25,30). The fourth-order valence-corrected chi connectivity index (χ4v) is 3.79. The molecule has 1 aliphatic rings. The minimum absolute atomic E-state index is 0.00226. The Kier molecular flexibility index (Phi) is 7.34. The Labute approximate surface area is 188 Å². The summed E-state index contributed by atoms with van der Waals surface area (Å²) in [5, 5.41) is 11.6. The van der Waals surface area contributed by atoms with Crippen molar-refractivity contribution in [3.05, 3.63) is 71.8 Å². The smallest absolute Gasteiger partial charge is 0.257 e. The highest BCUT2D eigenvalue weighted by Crippen LogP contribution is 2.16. The predicted octanol–water partition coefficient (Wildman–Crippen LogP) is 2.08. The van der Waals surface area contributed by atoms with E-state index in [0.717, 1.165) is 50.0 Å². The van der Waals surface area contributed by atoms with Gasteiger partial charge in [-0.25, -0.2) is 0 Å². The van der Waals surface area contributed by atoms with Crippen LogP contribution in [0.1, 0.15) is 17.2 Å². The summed E-state index contributed by atoms with van der Waals surface area (Å²) >= 11 is 0. The zero-order valence-electron chi connectivity index (χ0n) is 18.4. The summed E-state index contributed by atoms with van der Waals surface area (Å²) in [7, 11) is 1.68. The number of hydrogen-bond donors (Lipinski definition) is 1. The van der Waals surface area contributed by atoms with Gasteiger partial charge in [0.15, 0.2) is 6.61 Å². The van der Waals surface area contributed by atoms with E-state index in [1.165, 1.54) is 5.56 Å². The molecule has 0 radical (unpaired) electrons. The Bertz CT molecular complexity index is 1000. The van der Waals surface area contributed by atoms with Gasteiger partial charge in [0.2, 0.25) is 0 Å². The van der Waals surface area contributed by atoms with Gasteiger partial charge in [0, 0.05) is 45.6 Å². The fraction of sp³-hybridized carbons (Fsp3) is 0.375. The van der Waals surface area contributed by atoms with E-state index in [2.05, 4.69) is 37.1 Å². The molecular formula is C24H29N5O3.